The van der Waals surface area contributed by atoms with Gasteiger partial charge in [-0.15, -0.1) is 0 Å². The van der Waals surface area contributed by atoms with Crippen molar-refractivity contribution in [2.45, 2.75) is 34.6 Å². The van der Waals surface area contributed by atoms with E-state index in [2.05, 4.69) is 61.9 Å². The number of halogens is 1. The molecule has 1 aromatic rings. The van der Waals surface area contributed by atoms with Crippen LogP contribution in [0.15, 0.2) is 22.7 Å². The van der Waals surface area contributed by atoms with E-state index in [1.54, 1.807) is 0 Å². The zero-order chi connectivity index (χ0) is 14.5. The summed E-state index contributed by atoms with van der Waals surface area (Å²) in [7, 11) is 0. The average Bonchev–Trinajstić information content (AvgIpc) is 2.27. The zero-order valence-electron chi connectivity index (χ0n) is 12.7. The van der Waals surface area contributed by atoms with Crippen LogP contribution in [0, 0.1) is 18.3 Å². The fraction of sp³-hybridized carbons (Fsp3) is 0.625. The molecule has 0 aromatic heterocycles. The minimum atomic E-state index is 0.133. The van der Waals surface area contributed by atoms with Crippen molar-refractivity contribution in [2.24, 2.45) is 11.3 Å². The van der Waals surface area contributed by atoms with E-state index in [-0.39, 0.29) is 5.41 Å². The molecule has 0 aliphatic rings. The van der Waals surface area contributed by atoms with Crippen molar-refractivity contribution in [3.8, 4) is 5.75 Å². The maximum atomic E-state index is 5.95. The SMILES string of the molecule is Cc1cc(Br)ccc1OCC(C)(C)CNCC(C)C. The Morgan fingerprint density at radius 3 is 2.58 bits per heavy atom. The van der Waals surface area contributed by atoms with Gasteiger partial charge in [0.1, 0.15) is 5.75 Å². The summed E-state index contributed by atoms with van der Waals surface area (Å²) in [6.45, 7) is 13.7. The molecule has 0 fully saturated rings. The summed E-state index contributed by atoms with van der Waals surface area (Å²) in [5.74, 6) is 1.66. The van der Waals surface area contributed by atoms with Crippen LogP contribution < -0.4 is 10.1 Å². The molecule has 2 nitrogen and oxygen atoms in total. The van der Waals surface area contributed by atoms with Crippen molar-refractivity contribution >= 4 is 15.9 Å². The average molecular weight is 328 g/mol. The maximum absolute atomic E-state index is 5.95. The molecule has 1 aromatic carbocycles. The summed E-state index contributed by atoms with van der Waals surface area (Å²) in [6, 6.07) is 6.13. The van der Waals surface area contributed by atoms with Crippen LogP contribution in [0.25, 0.3) is 0 Å². The molecule has 0 unspecified atom stereocenters. The molecule has 3 heteroatoms. The Bertz CT molecular complexity index is 402. The van der Waals surface area contributed by atoms with Crippen LogP contribution in [0.4, 0.5) is 0 Å². The van der Waals surface area contributed by atoms with Gasteiger partial charge in [-0.3, -0.25) is 0 Å². The standard InChI is InChI=1S/C16H26BrNO/c1-12(2)9-18-10-16(4,5)11-19-15-7-6-14(17)8-13(15)3/h6-8,12,18H,9-11H2,1-5H3. The smallest absolute Gasteiger partial charge is 0.122 e. The molecule has 0 radical (unpaired) electrons. The zero-order valence-corrected chi connectivity index (χ0v) is 14.3. The highest BCUT2D eigenvalue weighted by molar-refractivity contribution is 9.10. The third kappa shape index (κ3) is 6.44. The Labute approximate surface area is 126 Å². The van der Waals surface area contributed by atoms with Crippen molar-refractivity contribution < 1.29 is 4.74 Å². The highest BCUT2D eigenvalue weighted by atomic mass is 79.9. The first-order valence-electron chi connectivity index (χ1n) is 6.90. The number of rotatable bonds is 7. The van der Waals surface area contributed by atoms with Gasteiger partial charge in [-0.05, 0) is 43.1 Å². The molecule has 19 heavy (non-hydrogen) atoms. The molecule has 0 spiro atoms. The molecule has 0 heterocycles. The third-order valence-corrected chi connectivity index (χ3v) is 3.40. The first-order valence-corrected chi connectivity index (χ1v) is 7.69. The lowest BCUT2D eigenvalue weighted by Gasteiger charge is -2.26. The molecule has 0 aliphatic heterocycles. The monoisotopic (exact) mass is 327 g/mol. The van der Waals surface area contributed by atoms with Gasteiger partial charge in [0.05, 0.1) is 6.61 Å². The van der Waals surface area contributed by atoms with Gasteiger partial charge in [0.25, 0.3) is 0 Å². The van der Waals surface area contributed by atoms with Gasteiger partial charge in [-0.25, -0.2) is 0 Å². The molecular formula is C16H26BrNO. The topological polar surface area (TPSA) is 21.3 Å². The van der Waals surface area contributed by atoms with E-state index < -0.39 is 0 Å². The number of benzene rings is 1. The van der Waals surface area contributed by atoms with Crippen LogP contribution in [-0.2, 0) is 0 Å². The van der Waals surface area contributed by atoms with Crippen LogP contribution in [0.5, 0.6) is 5.75 Å². The molecule has 1 N–H and O–H groups in total. The summed E-state index contributed by atoms with van der Waals surface area (Å²) < 4.78 is 7.05. The Morgan fingerprint density at radius 2 is 2.00 bits per heavy atom. The third-order valence-electron chi connectivity index (χ3n) is 2.91. The van der Waals surface area contributed by atoms with Gasteiger partial charge >= 0.3 is 0 Å². The van der Waals surface area contributed by atoms with E-state index in [0.717, 1.165) is 29.9 Å². The minimum absolute atomic E-state index is 0.133. The Balaban J connectivity index is 2.45. The van der Waals surface area contributed by atoms with Crippen LogP contribution in [0.1, 0.15) is 33.3 Å². The second kappa shape index (κ2) is 7.30. The molecule has 0 saturated carbocycles. The normalized spacial score (nSPS) is 11.9. The van der Waals surface area contributed by atoms with Crippen LogP contribution in [0.3, 0.4) is 0 Å². The van der Waals surface area contributed by atoms with Crippen molar-refractivity contribution in [1.29, 1.82) is 0 Å². The number of nitrogens with one attached hydrogen (secondary N) is 1. The molecule has 1 rings (SSSR count). The first kappa shape index (κ1) is 16.5. The number of aryl methyl sites for hydroxylation is 1. The summed E-state index contributed by atoms with van der Waals surface area (Å²) in [4.78, 5) is 0. The number of hydrogen-bond acceptors (Lipinski definition) is 2. The fourth-order valence-corrected chi connectivity index (χ4v) is 2.27. The molecule has 0 saturated heterocycles. The lowest BCUT2D eigenvalue weighted by molar-refractivity contribution is 0.174. The first-order chi connectivity index (χ1) is 8.80. The van der Waals surface area contributed by atoms with Crippen LogP contribution >= 0.6 is 15.9 Å². The quantitative estimate of drug-likeness (QED) is 0.801. The van der Waals surface area contributed by atoms with Gasteiger partial charge in [0, 0.05) is 16.4 Å². The van der Waals surface area contributed by atoms with E-state index in [0.29, 0.717) is 5.92 Å². The van der Waals surface area contributed by atoms with Gasteiger partial charge in [-0.1, -0.05) is 43.6 Å². The highest BCUT2D eigenvalue weighted by Crippen LogP contribution is 2.24. The van der Waals surface area contributed by atoms with E-state index >= 15 is 0 Å². The highest BCUT2D eigenvalue weighted by Gasteiger charge is 2.19. The fourth-order valence-electron chi connectivity index (χ4n) is 1.80. The number of ether oxygens (including phenoxy) is 1. The largest absolute Gasteiger partial charge is 0.493 e. The van der Waals surface area contributed by atoms with Crippen molar-refractivity contribution in [3.05, 3.63) is 28.2 Å². The van der Waals surface area contributed by atoms with Gasteiger partial charge in [0.15, 0.2) is 0 Å². The summed E-state index contributed by atoms with van der Waals surface area (Å²) in [6.07, 6.45) is 0. The Hall–Kier alpha value is -0.540. The second-order valence-electron chi connectivity index (χ2n) is 6.39. The van der Waals surface area contributed by atoms with Crippen molar-refractivity contribution in [3.63, 3.8) is 0 Å². The molecule has 0 amide bonds. The maximum Gasteiger partial charge on any atom is 0.122 e. The Kier molecular flexibility index (Phi) is 6.34. The summed E-state index contributed by atoms with van der Waals surface area (Å²) >= 11 is 3.47. The van der Waals surface area contributed by atoms with Gasteiger partial charge in [0.2, 0.25) is 0 Å². The lowest BCUT2D eigenvalue weighted by Crippen LogP contribution is -2.35. The predicted molar refractivity (Wildman–Crippen MR) is 85.9 cm³/mol. The Morgan fingerprint density at radius 1 is 1.32 bits per heavy atom. The summed E-state index contributed by atoms with van der Waals surface area (Å²) in [5.41, 5.74) is 1.30. The minimum Gasteiger partial charge on any atom is -0.493 e. The number of hydrogen-bond donors (Lipinski definition) is 1. The van der Waals surface area contributed by atoms with Crippen molar-refractivity contribution in [2.75, 3.05) is 19.7 Å². The van der Waals surface area contributed by atoms with Gasteiger partial charge in [-0.2, -0.15) is 0 Å². The van der Waals surface area contributed by atoms with E-state index in [1.165, 1.54) is 5.56 Å². The molecule has 0 aliphatic carbocycles. The molecular weight excluding hydrogens is 302 g/mol. The van der Waals surface area contributed by atoms with Crippen LogP contribution in [0.2, 0.25) is 0 Å². The van der Waals surface area contributed by atoms with E-state index in [1.807, 2.05) is 12.1 Å². The summed E-state index contributed by atoms with van der Waals surface area (Å²) in [5, 5.41) is 3.50. The second-order valence-corrected chi connectivity index (χ2v) is 7.30. The van der Waals surface area contributed by atoms with E-state index in [4.69, 9.17) is 4.74 Å². The lowest BCUT2D eigenvalue weighted by atomic mass is 9.94. The molecule has 108 valence electrons. The molecule has 0 atom stereocenters. The van der Waals surface area contributed by atoms with Gasteiger partial charge < -0.3 is 10.1 Å². The van der Waals surface area contributed by atoms with E-state index in [9.17, 15) is 0 Å². The van der Waals surface area contributed by atoms with Crippen LogP contribution in [-0.4, -0.2) is 19.7 Å². The van der Waals surface area contributed by atoms with Crippen molar-refractivity contribution in [1.82, 2.24) is 5.32 Å². The predicted octanol–water partition coefficient (Wildman–Crippen LogP) is 4.41. The molecule has 0 bridgehead atoms.